The van der Waals surface area contributed by atoms with Crippen LogP contribution >= 0.6 is 15.5 Å². The fraction of sp³-hybridized carbons (Fsp3) is 0.250. The van der Waals surface area contributed by atoms with E-state index in [2.05, 4.69) is 77.7 Å². The average Bonchev–Trinajstić information content (AvgIpc) is 3.66. The fourth-order valence-electron chi connectivity index (χ4n) is 13.1. The van der Waals surface area contributed by atoms with Gasteiger partial charge in [-0.1, -0.05) is 126 Å². The standard InChI is InChI=1S/C64H57NO6P2/c66-72(68-61-53(41-21-5-1-6-22-41)37-45-29-13-17-33-49(45)57(61)58-50-34-18-14-30-46(50)38-54(62(58)69-72)42-23-7-2-8-24-42)65-73(67)70-63-55(43-25-9-3-10-26-43)39-47-31-15-19-35-51(47)59(63)60-52-36-20-16-32-48(52)40-56(64(60)71-73)44-27-11-4-12-28-44/h1-12,21-28,37-40H,13-20,29-36H2,(H,65,66,67). The van der Waals surface area contributed by atoms with Gasteiger partial charge in [0.05, 0.1) is 0 Å². The van der Waals surface area contributed by atoms with Crippen LogP contribution in [0, 0.1) is 0 Å². The highest BCUT2D eigenvalue weighted by molar-refractivity contribution is 7.68. The summed E-state index contributed by atoms with van der Waals surface area (Å²) in [6, 6.07) is 49.9. The van der Waals surface area contributed by atoms with Crippen molar-refractivity contribution in [2.75, 3.05) is 0 Å². The highest BCUT2D eigenvalue weighted by atomic mass is 31.3. The van der Waals surface area contributed by atoms with Crippen LogP contribution in [0.3, 0.4) is 0 Å². The minimum absolute atomic E-state index is 0.458. The topological polar surface area (TPSA) is 83.1 Å². The molecule has 14 rings (SSSR count). The summed E-state index contributed by atoms with van der Waals surface area (Å²) in [6.45, 7) is 0. The molecule has 4 aliphatic carbocycles. The Balaban J connectivity index is 1.05. The van der Waals surface area contributed by atoms with Crippen LogP contribution in [0.2, 0.25) is 0 Å². The van der Waals surface area contributed by atoms with Crippen LogP contribution in [0.5, 0.6) is 23.0 Å². The molecule has 0 fully saturated rings. The third kappa shape index (κ3) is 7.81. The Kier molecular flexibility index (Phi) is 11.2. The summed E-state index contributed by atoms with van der Waals surface area (Å²) >= 11 is 0. The second kappa shape index (κ2) is 18.1. The van der Waals surface area contributed by atoms with Crippen LogP contribution in [0.1, 0.15) is 95.9 Å². The zero-order valence-corrected chi connectivity index (χ0v) is 42.8. The van der Waals surface area contributed by atoms with E-state index in [1.165, 1.54) is 44.5 Å². The lowest BCUT2D eigenvalue weighted by Crippen LogP contribution is -2.22. The van der Waals surface area contributed by atoms with E-state index < -0.39 is 15.5 Å². The molecule has 1 N–H and O–H groups in total. The third-order valence-electron chi connectivity index (χ3n) is 16.3. The molecule has 7 nitrogen and oxygen atoms in total. The number of aryl methyl sites for hydroxylation is 4. The summed E-state index contributed by atoms with van der Waals surface area (Å²) < 4.78 is 62.9. The number of fused-ring (bicyclic) bond motifs is 14. The van der Waals surface area contributed by atoms with E-state index in [0.717, 1.165) is 169 Å². The van der Waals surface area contributed by atoms with Crippen molar-refractivity contribution in [3.63, 3.8) is 0 Å². The molecular formula is C64H57NO6P2. The molecule has 0 unspecified atom stereocenters. The van der Waals surface area contributed by atoms with E-state index in [9.17, 15) is 0 Å². The van der Waals surface area contributed by atoms with Crippen LogP contribution in [-0.4, -0.2) is 0 Å². The number of hydrogen-bond acceptors (Lipinski definition) is 6. The largest absolute Gasteiger partial charge is 0.524 e. The summed E-state index contributed by atoms with van der Waals surface area (Å²) in [5.41, 5.74) is 20.5. The van der Waals surface area contributed by atoms with Crippen LogP contribution in [-0.2, 0) is 60.5 Å². The van der Waals surface area contributed by atoms with Gasteiger partial charge in [-0.2, -0.15) is 0 Å². The van der Waals surface area contributed by atoms with E-state index in [1.807, 2.05) is 72.8 Å². The van der Waals surface area contributed by atoms with Crippen molar-refractivity contribution in [1.82, 2.24) is 4.86 Å². The molecule has 0 aromatic heterocycles. The smallest absolute Gasteiger partial charge is 0.403 e. The average molecular weight is 998 g/mol. The van der Waals surface area contributed by atoms with Gasteiger partial charge in [0, 0.05) is 44.5 Å². The lowest BCUT2D eigenvalue weighted by atomic mass is 9.77. The van der Waals surface area contributed by atoms with E-state index in [4.69, 9.17) is 18.1 Å². The molecule has 0 radical (unpaired) electrons. The third-order valence-corrected chi connectivity index (χ3v) is 20.0. The Morgan fingerprint density at radius 1 is 0.301 bits per heavy atom. The second-order valence-corrected chi connectivity index (χ2v) is 24.3. The molecule has 9 heteroatoms. The lowest BCUT2D eigenvalue weighted by Gasteiger charge is -2.28. The zero-order chi connectivity index (χ0) is 48.7. The van der Waals surface area contributed by atoms with E-state index in [-0.39, 0.29) is 0 Å². The van der Waals surface area contributed by atoms with Crippen molar-refractivity contribution in [1.29, 1.82) is 0 Å². The quantitative estimate of drug-likeness (QED) is 0.166. The molecule has 0 bridgehead atoms. The summed E-state index contributed by atoms with van der Waals surface area (Å²) in [7, 11) is -9.70. The molecule has 0 amide bonds. The first-order valence-electron chi connectivity index (χ1n) is 26.6. The monoisotopic (exact) mass is 997 g/mol. The molecule has 0 saturated heterocycles. The van der Waals surface area contributed by atoms with Gasteiger partial charge in [0.15, 0.2) is 0 Å². The summed E-state index contributed by atoms with van der Waals surface area (Å²) in [4.78, 5) is 3.11. The van der Waals surface area contributed by atoms with Crippen molar-refractivity contribution in [3.8, 4) is 89.8 Å². The lowest BCUT2D eigenvalue weighted by molar-refractivity contribution is 0.358. The fourth-order valence-corrected chi connectivity index (χ4v) is 16.7. The van der Waals surface area contributed by atoms with Gasteiger partial charge in [0.2, 0.25) is 0 Å². The van der Waals surface area contributed by atoms with Crippen LogP contribution in [0.4, 0.5) is 0 Å². The van der Waals surface area contributed by atoms with Gasteiger partial charge < -0.3 is 18.1 Å². The molecule has 2 heterocycles. The molecule has 0 atom stereocenters. The highest BCUT2D eigenvalue weighted by Crippen LogP contribution is 2.69. The number of benzene rings is 8. The van der Waals surface area contributed by atoms with Gasteiger partial charge in [-0.15, -0.1) is 0 Å². The number of nitrogens with one attached hydrogen (secondary N) is 1. The van der Waals surface area contributed by atoms with Crippen molar-refractivity contribution in [2.24, 2.45) is 0 Å². The predicted octanol–water partition coefficient (Wildman–Crippen LogP) is 17.3. The van der Waals surface area contributed by atoms with Crippen LogP contribution in [0.15, 0.2) is 146 Å². The van der Waals surface area contributed by atoms with E-state index >= 15 is 9.13 Å². The van der Waals surface area contributed by atoms with Gasteiger partial charge >= 0.3 is 15.5 Å². The van der Waals surface area contributed by atoms with Crippen molar-refractivity contribution < 1.29 is 27.2 Å². The van der Waals surface area contributed by atoms with Gasteiger partial charge in [-0.3, -0.25) is 0 Å². The molecule has 0 saturated carbocycles. The molecule has 2 aliphatic heterocycles. The summed E-state index contributed by atoms with van der Waals surface area (Å²) in [5.74, 6) is 1.83. The van der Waals surface area contributed by atoms with E-state index in [0.29, 0.717) is 23.0 Å². The SMILES string of the molecule is O=P1(NP2(=O)Oc3c(-c4ccccc4)cc4c(c3-c3c5c(cc(-c6ccccc6)c3O2)CCCC5)CCCC4)Oc2c(-c3ccccc3)cc3c(c2-c2c4c(cc(-c5ccccc5)c2O1)CCCC4)CCCC3. The Morgan fingerprint density at radius 3 is 0.753 bits per heavy atom. The highest BCUT2D eigenvalue weighted by Gasteiger charge is 2.50. The second-order valence-electron chi connectivity index (χ2n) is 20.8. The van der Waals surface area contributed by atoms with Gasteiger partial charge in [-0.05, 0) is 194 Å². The maximum Gasteiger partial charge on any atom is 0.524 e. The van der Waals surface area contributed by atoms with Crippen molar-refractivity contribution >= 4 is 15.5 Å². The van der Waals surface area contributed by atoms with E-state index in [1.54, 1.807) is 0 Å². The summed E-state index contributed by atoms with van der Waals surface area (Å²) in [5, 5.41) is 0. The minimum atomic E-state index is -4.85. The zero-order valence-electron chi connectivity index (χ0n) is 41.0. The Hall–Kier alpha value is -6.62. The predicted molar refractivity (Wildman–Crippen MR) is 293 cm³/mol. The normalized spacial score (nSPS) is 17.5. The molecule has 0 spiro atoms. The first-order valence-corrected chi connectivity index (χ1v) is 29.7. The molecular weight excluding hydrogens is 941 g/mol. The Bertz CT molecular complexity index is 3150. The molecule has 6 aliphatic rings. The summed E-state index contributed by atoms with van der Waals surface area (Å²) in [6.07, 6.45) is 15.5. The first kappa shape index (κ1) is 45.0. The number of rotatable bonds is 6. The van der Waals surface area contributed by atoms with Crippen molar-refractivity contribution in [3.05, 3.63) is 190 Å². The Labute approximate surface area is 428 Å². The molecule has 73 heavy (non-hydrogen) atoms. The first-order chi connectivity index (χ1) is 35.9. The van der Waals surface area contributed by atoms with Crippen LogP contribution < -0.4 is 23.0 Å². The minimum Gasteiger partial charge on any atom is -0.403 e. The van der Waals surface area contributed by atoms with Crippen LogP contribution in [0.25, 0.3) is 66.8 Å². The number of hydrogen-bond donors (Lipinski definition) is 1. The maximum atomic E-state index is 17.0. The van der Waals surface area contributed by atoms with Gasteiger partial charge in [0.1, 0.15) is 23.0 Å². The molecule has 8 aromatic rings. The van der Waals surface area contributed by atoms with Crippen molar-refractivity contribution in [2.45, 2.75) is 103 Å². The Morgan fingerprint density at radius 2 is 0.521 bits per heavy atom. The van der Waals surface area contributed by atoms with Gasteiger partial charge in [-0.25, -0.2) is 9.13 Å². The maximum absolute atomic E-state index is 17.0. The molecule has 8 aromatic carbocycles. The molecule has 364 valence electrons. The van der Waals surface area contributed by atoms with Gasteiger partial charge in [0.25, 0.3) is 0 Å².